The van der Waals surface area contributed by atoms with Crippen molar-refractivity contribution in [2.24, 2.45) is 0 Å². The van der Waals surface area contributed by atoms with Crippen LogP contribution in [0, 0.1) is 0 Å². The van der Waals surface area contributed by atoms with Gasteiger partial charge in [-0.1, -0.05) is 29.6 Å². The van der Waals surface area contributed by atoms with Gasteiger partial charge < -0.3 is 24.7 Å². The van der Waals surface area contributed by atoms with Gasteiger partial charge in [-0.25, -0.2) is 9.97 Å². The molecular formula is C23H23N5O2S. The highest BCUT2D eigenvalue weighted by Gasteiger charge is 2.12. The Hall–Kier alpha value is -3.52. The van der Waals surface area contributed by atoms with Gasteiger partial charge in [0.2, 0.25) is 0 Å². The van der Waals surface area contributed by atoms with Crippen LogP contribution in [0.25, 0.3) is 21.3 Å². The number of aromatic nitrogens is 3. The van der Waals surface area contributed by atoms with E-state index in [0.29, 0.717) is 18.0 Å². The monoisotopic (exact) mass is 433 g/mol. The lowest BCUT2D eigenvalue weighted by Gasteiger charge is -2.11. The van der Waals surface area contributed by atoms with Crippen LogP contribution in [0.15, 0.2) is 60.6 Å². The molecule has 31 heavy (non-hydrogen) atoms. The molecule has 2 N–H and O–H groups in total. The highest BCUT2D eigenvalue weighted by Crippen LogP contribution is 2.32. The van der Waals surface area contributed by atoms with Crippen molar-refractivity contribution in [2.45, 2.75) is 6.54 Å². The van der Waals surface area contributed by atoms with Crippen LogP contribution in [-0.4, -0.2) is 41.8 Å². The number of methoxy groups -OCH3 is 2. The van der Waals surface area contributed by atoms with Crippen LogP contribution in [0.5, 0.6) is 11.5 Å². The van der Waals surface area contributed by atoms with Crippen molar-refractivity contribution in [1.82, 2.24) is 19.9 Å². The largest absolute Gasteiger partial charge is 0.493 e. The number of allylic oxidation sites excluding steroid dienone is 2. The molecular weight excluding hydrogens is 410 g/mol. The number of nitrogens with one attached hydrogen (secondary N) is 2. The van der Waals surface area contributed by atoms with Crippen LogP contribution >= 0.6 is 11.3 Å². The molecule has 0 bridgehead atoms. The molecule has 0 saturated heterocycles. The van der Waals surface area contributed by atoms with E-state index >= 15 is 0 Å². The zero-order chi connectivity index (χ0) is 21.2. The number of dihydropyridines is 1. The summed E-state index contributed by atoms with van der Waals surface area (Å²) in [7, 11) is 3.28. The summed E-state index contributed by atoms with van der Waals surface area (Å²) in [6.07, 6.45) is 8.11. The first-order valence-corrected chi connectivity index (χ1v) is 10.8. The molecule has 1 aliphatic rings. The Bertz CT molecular complexity index is 1300. The number of nitrogens with zero attached hydrogens (tertiary/aromatic N) is 3. The molecule has 8 heteroatoms. The van der Waals surface area contributed by atoms with Crippen molar-refractivity contribution in [1.29, 1.82) is 0 Å². The molecule has 0 fully saturated rings. The molecule has 1 aliphatic heterocycles. The molecule has 3 heterocycles. The van der Waals surface area contributed by atoms with Gasteiger partial charge in [0.25, 0.3) is 0 Å². The van der Waals surface area contributed by atoms with Crippen molar-refractivity contribution < 1.29 is 9.47 Å². The van der Waals surface area contributed by atoms with Gasteiger partial charge in [0.1, 0.15) is 0 Å². The molecule has 158 valence electrons. The lowest BCUT2D eigenvalue weighted by molar-refractivity contribution is 0.355. The van der Waals surface area contributed by atoms with Gasteiger partial charge in [-0.2, -0.15) is 0 Å². The first kappa shape index (κ1) is 19.4. The van der Waals surface area contributed by atoms with E-state index in [9.17, 15) is 0 Å². The Kier molecular flexibility index (Phi) is 5.21. The summed E-state index contributed by atoms with van der Waals surface area (Å²) in [5.41, 5.74) is 5.25. The second-order valence-corrected chi connectivity index (χ2v) is 8.27. The first-order chi connectivity index (χ1) is 15.2. The predicted molar refractivity (Wildman–Crippen MR) is 125 cm³/mol. The number of hydrogen-bond acceptors (Lipinski definition) is 7. The van der Waals surface area contributed by atoms with Gasteiger partial charge in [0.05, 0.1) is 48.3 Å². The predicted octanol–water partition coefficient (Wildman–Crippen LogP) is 4.17. The molecule has 2 aromatic carbocycles. The van der Waals surface area contributed by atoms with Gasteiger partial charge in [0, 0.05) is 30.9 Å². The molecule has 0 unspecified atom stereocenters. The molecule has 0 atom stereocenters. The first-order valence-electron chi connectivity index (χ1n) is 10.0. The van der Waals surface area contributed by atoms with Gasteiger partial charge in [-0.3, -0.25) is 0 Å². The second kappa shape index (κ2) is 8.31. The van der Waals surface area contributed by atoms with Crippen molar-refractivity contribution in [3.05, 3.63) is 66.1 Å². The molecule has 2 aromatic heterocycles. The lowest BCUT2D eigenvalue weighted by Crippen LogP contribution is -2.21. The summed E-state index contributed by atoms with van der Waals surface area (Å²) in [6, 6.07) is 10.3. The Morgan fingerprint density at radius 2 is 2.00 bits per heavy atom. The molecule has 0 saturated carbocycles. The van der Waals surface area contributed by atoms with Crippen molar-refractivity contribution in [3.63, 3.8) is 0 Å². The highest BCUT2D eigenvalue weighted by molar-refractivity contribution is 7.22. The van der Waals surface area contributed by atoms with Crippen LogP contribution in [-0.2, 0) is 6.54 Å². The molecule has 5 rings (SSSR count). The summed E-state index contributed by atoms with van der Waals surface area (Å²) in [5.74, 6) is 1.38. The topological polar surface area (TPSA) is 73.2 Å². The van der Waals surface area contributed by atoms with E-state index < -0.39 is 0 Å². The molecule has 0 amide bonds. The summed E-state index contributed by atoms with van der Waals surface area (Å²) in [5, 5.41) is 7.69. The number of imidazole rings is 1. The quantitative estimate of drug-likeness (QED) is 0.456. The van der Waals surface area contributed by atoms with Crippen LogP contribution in [0.2, 0.25) is 0 Å². The van der Waals surface area contributed by atoms with Crippen molar-refractivity contribution in [2.75, 3.05) is 32.6 Å². The SMILES string of the molecule is COc1cc2ncn(Cc3ccc4nc(NCC5=CC=CCN5)sc4c3)c2cc1OC. The minimum atomic E-state index is 0.682. The molecule has 0 radical (unpaired) electrons. The van der Waals surface area contributed by atoms with Gasteiger partial charge in [0.15, 0.2) is 16.6 Å². The maximum Gasteiger partial charge on any atom is 0.184 e. The van der Waals surface area contributed by atoms with E-state index in [1.54, 1.807) is 25.6 Å². The second-order valence-electron chi connectivity index (χ2n) is 7.24. The summed E-state index contributed by atoms with van der Waals surface area (Å²) in [6.45, 7) is 2.33. The molecule has 0 spiro atoms. The number of thiazole rings is 1. The molecule has 0 aliphatic carbocycles. The van der Waals surface area contributed by atoms with Gasteiger partial charge >= 0.3 is 0 Å². The molecule has 4 aromatic rings. The van der Waals surface area contributed by atoms with Crippen LogP contribution in [0.1, 0.15) is 5.56 Å². The zero-order valence-corrected chi connectivity index (χ0v) is 18.2. The van der Waals surface area contributed by atoms with Crippen LogP contribution in [0.4, 0.5) is 5.13 Å². The summed E-state index contributed by atoms with van der Waals surface area (Å²) in [4.78, 5) is 9.24. The Balaban J connectivity index is 1.37. The summed E-state index contributed by atoms with van der Waals surface area (Å²) >= 11 is 1.67. The minimum Gasteiger partial charge on any atom is -0.493 e. The summed E-state index contributed by atoms with van der Waals surface area (Å²) < 4.78 is 14.1. The van der Waals surface area contributed by atoms with Crippen molar-refractivity contribution >= 4 is 37.7 Å². The standard InChI is InChI=1S/C23H23N5O2S/c1-29-20-10-18-19(11-21(20)30-2)28(14-26-18)13-15-6-7-17-22(9-15)31-23(27-17)25-12-16-5-3-4-8-24-16/h3-7,9-11,14,24H,8,12-13H2,1-2H3,(H,25,27). The average Bonchev–Trinajstić information content (AvgIpc) is 3.40. The lowest BCUT2D eigenvalue weighted by atomic mass is 10.2. The smallest absolute Gasteiger partial charge is 0.184 e. The van der Waals surface area contributed by atoms with E-state index in [-0.39, 0.29) is 0 Å². The van der Waals surface area contributed by atoms with E-state index in [1.807, 2.05) is 18.5 Å². The third-order valence-electron chi connectivity index (χ3n) is 5.24. The average molecular weight is 434 g/mol. The van der Waals surface area contributed by atoms with E-state index in [4.69, 9.17) is 14.5 Å². The maximum absolute atomic E-state index is 5.45. The number of ether oxygens (including phenoxy) is 2. The van der Waals surface area contributed by atoms with Gasteiger partial charge in [-0.05, 0) is 23.8 Å². The number of hydrogen-bond donors (Lipinski definition) is 2. The number of benzene rings is 2. The highest BCUT2D eigenvalue weighted by atomic mass is 32.1. The fourth-order valence-corrected chi connectivity index (χ4v) is 4.57. The molecule has 7 nitrogen and oxygen atoms in total. The Labute approximate surface area is 184 Å². The third kappa shape index (κ3) is 3.94. The maximum atomic E-state index is 5.45. The van der Waals surface area contributed by atoms with Crippen molar-refractivity contribution in [3.8, 4) is 11.5 Å². The van der Waals surface area contributed by atoms with E-state index in [2.05, 4.69) is 56.6 Å². The minimum absolute atomic E-state index is 0.682. The van der Waals surface area contributed by atoms with Crippen LogP contribution in [0.3, 0.4) is 0 Å². The van der Waals surface area contributed by atoms with E-state index in [1.165, 1.54) is 11.3 Å². The zero-order valence-electron chi connectivity index (χ0n) is 17.4. The third-order valence-corrected chi connectivity index (χ3v) is 6.22. The van der Waals surface area contributed by atoms with E-state index in [0.717, 1.165) is 39.5 Å². The van der Waals surface area contributed by atoms with Crippen LogP contribution < -0.4 is 20.1 Å². The number of fused-ring (bicyclic) bond motifs is 2. The number of rotatable bonds is 7. The Morgan fingerprint density at radius 3 is 2.81 bits per heavy atom. The van der Waals surface area contributed by atoms with Gasteiger partial charge in [-0.15, -0.1) is 0 Å². The number of anilines is 1. The Morgan fingerprint density at radius 1 is 1.13 bits per heavy atom. The normalized spacial score (nSPS) is 13.3. The fourth-order valence-electron chi connectivity index (χ4n) is 3.64. The fraction of sp³-hybridized carbons (Fsp3) is 0.217.